The molecule has 7 aromatic carbocycles. The summed E-state index contributed by atoms with van der Waals surface area (Å²) >= 11 is 5.55. The number of para-hydroxylation sites is 2. The number of amides is 1. The number of alkyl halides is 1. The highest BCUT2D eigenvalue weighted by Crippen LogP contribution is 2.33. The summed E-state index contributed by atoms with van der Waals surface area (Å²) in [5, 5.41) is 27.6. The number of carbonyl (C=O) groups is 2. The molecule has 26 heteroatoms. The van der Waals surface area contributed by atoms with Crippen molar-refractivity contribution >= 4 is 57.6 Å². The molecule has 542 valence electrons. The topological polar surface area (TPSA) is 303 Å². The van der Waals surface area contributed by atoms with Crippen molar-refractivity contribution in [2.45, 2.75) is 13.1 Å². The van der Waals surface area contributed by atoms with Crippen molar-refractivity contribution in [1.82, 2.24) is 19.6 Å². The zero-order valence-corrected chi connectivity index (χ0v) is 58.6. The van der Waals surface area contributed by atoms with Gasteiger partial charge in [0, 0.05) is 150 Å². The number of anilines is 6. The number of morpholine rings is 4. The van der Waals surface area contributed by atoms with Crippen molar-refractivity contribution in [2.24, 2.45) is 0 Å². The van der Waals surface area contributed by atoms with Crippen LogP contribution >= 0.6 is 11.6 Å². The molecule has 100 heavy (non-hydrogen) atoms. The third-order valence-electron chi connectivity index (χ3n) is 16.1. The van der Waals surface area contributed by atoms with Crippen LogP contribution in [0.3, 0.4) is 0 Å². The second-order valence-electron chi connectivity index (χ2n) is 23.1. The third kappa shape index (κ3) is 27.9. The Labute approximate surface area is 592 Å². The predicted molar refractivity (Wildman–Crippen MR) is 392 cm³/mol. The number of phenolic OH excluding ortho intramolecular Hbond substituents is 1. The number of hydrogen-bond donors (Lipinski definition) is 8. The molecular formula is C74H99ClN10O15. The van der Waals surface area contributed by atoms with Crippen LogP contribution in [0, 0.1) is 0 Å². The summed E-state index contributed by atoms with van der Waals surface area (Å²) < 4.78 is 59.8. The van der Waals surface area contributed by atoms with Crippen molar-refractivity contribution in [1.29, 1.82) is 0 Å². The molecule has 11 N–H and O–H groups in total. The number of aromatic carboxylic acids is 1. The lowest BCUT2D eigenvalue weighted by atomic mass is 10.1. The Hall–Kier alpha value is -9.15. The smallest absolute Gasteiger partial charge is 0.335 e. The van der Waals surface area contributed by atoms with Gasteiger partial charge in [0.25, 0.3) is 5.91 Å². The number of nitrogens with zero attached hydrogens (tertiary/aromatic N) is 4. The molecule has 0 atom stereocenters. The van der Waals surface area contributed by atoms with E-state index in [1.807, 2.05) is 66.7 Å². The van der Waals surface area contributed by atoms with Crippen LogP contribution in [-0.2, 0) is 32.0 Å². The van der Waals surface area contributed by atoms with Gasteiger partial charge in [-0.25, -0.2) is 4.79 Å². The first kappa shape index (κ1) is 78.2. The molecule has 0 bridgehead atoms. The van der Waals surface area contributed by atoms with Crippen molar-refractivity contribution in [3.05, 3.63) is 168 Å². The van der Waals surface area contributed by atoms with E-state index in [1.54, 1.807) is 94.1 Å². The van der Waals surface area contributed by atoms with Crippen LogP contribution < -0.4 is 66.3 Å². The molecule has 4 aliphatic heterocycles. The van der Waals surface area contributed by atoms with Gasteiger partial charge in [0.1, 0.15) is 19.8 Å². The van der Waals surface area contributed by atoms with E-state index in [9.17, 15) is 9.59 Å². The summed E-state index contributed by atoms with van der Waals surface area (Å²) in [4.78, 5) is 32.7. The van der Waals surface area contributed by atoms with E-state index < -0.39 is 5.97 Å². The van der Waals surface area contributed by atoms with E-state index in [1.165, 1.54) is 13.2 Å². The highest BCUT2D eigenvalue weighted by atomic mass is 35.5. The molecule has 4 fully saturated rings. The molecule has 11 rings (SSSR count). The van der Waals surface area contributed by atoms with Crippen LogP contribution in [0.1, 0.15) is 31.8 Å². The Kier molecular flexibility index (Phi) is 34.5. The van der Waals surface area contributed by atoms with E-state index >= 15 is 0 Å². The average Bonchev–Trinajstić information content (AvgIpc) is 0.890. The number of carboxylic acid groups (broad SMARTS) is 1. The predicted octanol–water partition coefficient (Wildman–Crippen LogP) is 9.10. The molecule has 1 amide bonds. The lowest BCUT2D eigenvalue weighted by molar-refractivity contribution is 0.0320. The number of phenols is 1. The van der Waals surface area contributed by atoms with Gasteiger partial charge in [-0.05, 0) is 96.1 Å². The molecule has 25 nitrogen and oxygen atoms in total. The van der Waals surface area contributed by atoms with Crippen molar-refractivity contribution < 1.29 is 71.9 Å². The number of aromatic hydroxyl groups is 1. The van der Waals surface area contributed by atoms with Crippen LogP contribution in [-0.4, -0.2) is 227 Å². The van der Waals surface area contributed by atoms with Gasteiger partial charge in [-0.1, -0.05) is 36.4 Å². The molecule has 0 aliphatic carbocycles. The number of rotatable bonds is 27. The number of carbonyl (C=O) groups excluding carboxylic acids is 1. The number of nitrogens with two attached hydrogens (primary N) is 3. The van der Waals surface area contributed by atoms with Gasteiger partial charge in [-0.3, -0.25) is 24.4 Å². The molecule has 4 saturated heterocycles. The van der Waals surface area contributed by atoms with Crippen LogP contribution in [0.2, 0.25) is 0 Å². The summed E-state index contributed by atoms with van der Waals surface area (Å²) in [6.07, 6.45) is 0. The first-order chi connectivity index (χ1) is 48.7. The van der Waals surface area contributed by atoms with Gasteiger partial charge in [-0.15, -0.1) is 11.6 Å². The maximum Gasteiger partial charge on any atom is 0.335 e. The average molecular weight is 1400 g/mol. The minimum Gasteiger partial charge on any atom is -0.504 e. The lowest BCUT2D eigenvalue weighted by Gasteiger charge is -2.26. The minimum atomic E-state index is -0.923. The maximum absolute atomic E-state index is 12.5. The zero-order valence-electron chi connectivity index (χ0n) is 57.8. The van der Waals surface area contributed by atoms with Gasteiger partial charge >= 0.3 is 5.97 Å². The number of ether oxygens (including phenoxy) is 11. The van der Waals surface area contributed by atoms with Gasteiger partial charge in [0.15, 0.2) is 46.0 Å². The SMILES string of the molecule is COc1ccc(N)cc1O.COc1ccc(N)cc1OCCN1CCOCC1.COc1ccc(NCc2ccc(C(=O)Nc3ccccc3N)cc2)cc1OCCN1CCOCC1.COc1ccc(NCc2ccc(C(=O)O)cc2)cc1OCCN1CCOCC1.ClCCN1CCOCC1. The van der Waals surface area contributed by atoms with Gasteiger partial charge in [-0.2, -0.15) is 0 Å². The lowest BCUT2D eigenvalue weighted by Crippen LogP contribution is -2.38. The first-order valence-corrected chi connectivity index (χ1v) is 33.9. The fourth-order valence-electron chi connectivity index (χ4n) is 10.3. The van der Waals surface area contributed by atoms with E-state index in [0.29, 0.717) is 101 Å². The summed E-state index contributed by atoms with van der Waals surface area (Å²) in [6.45, 7) is 20.8. The highest BCUT2D eigenvalue weighted by Gasteiger charge is 2.17. The number of hydrogen-bond acceptors (Lipinski definition) is 23. The molecule has 0 saturated carbocycles. The Morgan fingerprint density at radius 1 is 0.450 bits per heavy atom. The molecule has 7 aromatic rings. The summed E-state index contributed by atoms with van der Waals surface area (Å²) in [7, 11) is 6.38. The molecule has 4 heterocycles. The number of halogens is 1. The van der Waals surface area contributed by atoms with E-state index in [0.717, 1.165) is 160 Å². The largest absolute Gasteiger partial charge is 0.504 e. The molecule has 0 unspecified atom stereocenters. The fourth-order valence-corrected chi connectivity index (χ4v) is 10.6. The van der Waals surface area contributed by atoms with E-state index in [-0.39, 0.29) is 17.2 Å². The summed E-state index contributed by atoms with van der Waals surface area (Å²) in [5.41, 5.74) is 24.1. The molecular weight excluding hydrogens is 1300 g/mol. The fraction of sp³-hybridized carbons (Fsp3) is 0.405. The molecule has 0 aromatic heterocycles. The molecule has 0 radical (unpaired) electrons. The van der Waals surface area contributed by atoms with Gasteiger partial charge < -0.3 is 95.5 Å². The van der Waals surface area contributed by atoms with Crippen molar-refractivity contribution in [3.63, 3.8) is 0 Å². The third-order valence-corrected chi connectivity index (χ3v) is 16.3. The number of carboxylic acids is 1. The minimum absolute atomic E-state index is 0.0718. The monoisotopic (exact) mass is 1400 g/mol. The number of benzene rings is 7. The molecule has 4 aliphatic rings. The van der Waals surface area contributed by atoms with Gasteiger partial charge in [0.2, 0.25) is 0 Å². The van der Waals surface area contributed by atoms with Crippen LogP contribution in [0.5, 0.6) is 46.0 Å². The van der Waals surface area contributed by atoms with Gasteiger partial charge in [0.05, 0.1) is 98.2 Å². The van der Waals surface area contributed by atoms with E-state index in [2.05, 4.69) is 35.6 Å². The van der Waals surface area contributed by atoms with Crippen LogP contribution in [0.15, 0.2) is 146 Å². The first-order valence-electron chi connectivity index (χ1n) is 33.4. The quantitative estimate of drug-likeness (QED) is 0.0176. The number of nitrogen functional groups attached to an aromatic ring is 3. The van der Waals surface area contributed by atoms with Crippen LogP contribution in [0.25, 0.3) is 0 Å². The summed E-state index contributed by atoms with van der Waals surface area (Å²) in [6, 6.07) is 43.1. The normalized spacial score (nSPS) is 14.8. The molecule has 0 spiro atoms. The van der Waals surface area contributed by atoms with E-state index in [4.69, 9.17) is 91.1 Å². The highest BCUT2D eigenvalue weighted by molar-refractivity contribution is 6.18. The Bertz CT molecular complexity index is 3500. The Morgan fingerprint density at radius 2 is 0.820 bits per heavy atom. The maximum atomic E-state index is 12.5. The van der Waals surface area contributed by atoms with Crippen molar-refractivity contribution in [2.75, 3.05) is 219 Å². The van der Waals surface area contributed by atoms with Crippen molar-refractivity contribution in [3.8, 4) is 46.0 Å². The second kappa shape index (κ2) is 44.1. The standard InChI is InChI=1S/C27H32N4O4.C21H26N2O5.C13H20N2O3.C7H9NO2.C6H12ClNO/c1-33-25-11-10-22(18-26(25)35-17-14-31-12-15-34-16-13-31)29-19-20-6-8-21(9-7-20)27(32)30-24-5-3-2-4-23(24)28;1-26-19-7-6-18(22-15-16-2-4-17(5-3-16)21(24)25)14-20(19)28-13-10-23-8-11-27-12-9-23;1-16-12-3-2-11(14)10-13(12)18-9-6-15-4-7-17-8-5-15;1-10-7-3-2-5(8)4-6(7)9;7-1-2-8-3-5-9-6-4-8/h2-11,18,29H,12-17,19,28H2,1H3,(H,30,32);2-7,14,22H,8-13,15H2,1H3,(H,24,25);2-3,10H,4-9,14H2,1H3;2-4,9H,8H2,1H3;1-6H2. The zero-order chi connectivity index (χ0) is 71.1. The Morgan fingerprint density at radius 3 is 1.21 bits per heavy atom. The number of methoxy groups -OCH3 is 4. The number of nitrogens with one attached hydrogen (secondary N) is 3. The summed E-state index contributed by atoms with van der Waals surface area (Å²) in [5.74, 6) is 4.34. The second-order valence-corrected chi connectivity index (χ2v) is 23.4. The Balaban J connectivity index is 0.000000191. The van der Waals surface area contributed by atoms with Crippen LogP contribution in [0.4, 0.5) is 34.1 Å².